The van der Waals surface area contributed by atoms with Crippen molar-refractivity contribution in [3.8, 4) is 0 Å². The first-order chi connectivity index (χ1) is 8.58. The molecule has 5 heteroatoms. The van der Waals surface area contributed by atoms with Gasteiger partial charge >= 0.3 is 0 Å². The van der Waals surface area contributed by atoms with Gasteiger partial charge in [-0.25, -0.2) is 8.78 Å². The second kappa shape index (κ2) is 5.14. The molecule has 18 heavy (non-hydrogen) atoms. The minimum atomic E-state index is -0.822. The van der Waals surface area contributed by atoms with Crippen LogP contribution < -0.4 is 5.32 Å². The average molecular weight is 268 g/mol. The highest BCUT2D eigenvalue weighted by atomic mass is 35.5. The van der Waals surface area contributed by atoms with E-state index in [9.17, 15) is 13.6 Å². The summed E-state index contributed by atoms with van der Waals surface area (Å²) < 4.78 is 26.6. The molecule has 0 bridgehead atoms. The fourth-order valence-corrected chi connectivity index (χ4v) is 1.53. The summed E-state index contributed by atoms with van der Waals surface area (Å²) in [6.07, 6.45) is 0. The molecule has 0 aliphatic heterocycles. The number of rotatable bonds is 2. The SMILES string of the molecule is O=C(Nc1c(F)cccc1F)c1ccc(Cl)cc1. The van der Waals surface area contributed by atoms with Crippen molar-refractivity contribution in [1.82, 2.24) is 0 Å². The second-order valence-corrected chi connectivity index (χ2v) is 3.99. The van der Waals surface area contributed by atoms with Crippen molar-refractivity contribution < 1.29 is 13.6 Å². The van der Waals surface area contributed by atoms with Gasteiger partial charge in [0.2, 0.25) is 0 Å². The van der Waals surface area contributed by atoms with Crippen molar-refractivity contribution in [1.29, 1.82) is 0 Å². The fraction of sp³-hybridized carbons (Fsp3) is 0. The summed E-state index contributed by atoms with van der Waals surface area (Å²) in [5, 5.41) is 2.66. The molecule has 0 saturated heterocycles. The molecule has 0 aliphatic rings. The number of carbonyl (C=O) groups excluding carboxylic acids is 1. The van der Waals surface area contributed by atoms with Crippen molar-refractivity contribution in [2.75, 3.05) is 5.32 Å². The van der Waals surface area contributed by atoms with E-state index >= 15 is 0 Å². The summed E-state index contributed by atoms with van der Waals surface area (Å²) in [6.45, 7) is 0. The van der Waals surface area contributed by atoms with Crippen LogP contribution in [0.4, 0.5) is 14.5 Å². The van der Waals surface area contributed by atoms with E-state index in [0.717, 1.165) is 12.1 Å². The maximum Gasteiger partial charge on any atom is 0.255 e. The Kier molecular flexibility index (Phi) is 3.58. The molecule has 2 nitrogen and oxygen atoms in total. The van der Waals surface area contributed by atoms with Gasteiger partial charge in [0.1, 0.15) is 17.3 Å². The van der Waals surface area contributed by atoms with Gasteiger partial charge in [-0.2, -0.15) is 0 Å². The molecule has 0 saturated carbocycles. The molecule has 2 aromatic carbocycles. The van der Waals surface area contributed by atoms with Crippen LogP contribution in [0.25, 0.3) is 0 Å². The second-order valence-electron chi connectivity index (χ2n) is 3.56. The Morgan fingerprint density at radius 1 is 1.00 bits per heavy atom. The lowest BCUT2D eigenvalue weighted by molar-refractivity contribution is 0.102. The van der Waals surface area contributed by atoms with Crippen molar-refractivity contribution in [2.24, 2.45) is 0 Å². The maximum atomic E-state index is 13.3. The molecule has 0 atom stereocenters. The Morgan fingerprint density at radius 3 is 2.11 bits per heavy atom. The van der Waals surface area contributed by atoms with Gasteiger partial charge in [-0.05, 0) is 36.4 Å². The summed E-state index contributed by atoms with van der Waals surface area (Å²) >= 11 is 5.68. The van der Waals surface area contributed by atoms with Crippen LogP contribution in [0.5, 0.6) is 0 Å². The van der Waals surface area contributed by atoms with Crippen molar-refractivity contribution in [2.45, 2.75) is 0 Å². The summed E-state index contributed by atoms with van der Waals surface area (Å²) in [4.78, 5) is 11.7. The van der Waals surface area contributed by atoms with E-state index in [0.29, 0.717) is 5.02 Å². The molecule has 0 spiro atoms. The number of nitrogens with one attached hydrogen (secondary N) is 1. The lowest BCUT2D eigenvalue weighted by Crippen LogP contribution is -2.14. The molecule has 0 heterocycles. The predicted octanol–water partition coefficient (Wildman–Crippen LogP) is 3.87. The lowest BCUT2D eigenvalue weighted by Gasteiger charge is -2.07. The van der Waals surface area contributed by atoms with Gasteiger partial charge in [0.15, 0.2) is 0 Å². The van der Waals surface area contributed by atoms with Crippen LogP contribution in [0, 0.1) is 11.6 Å². The van der Waals surface area contributed by atoms with Crippen LogP contribution in [0.15, 0.2) is 42.5 Å². The Balaban J connectivity index is 2.24. The maximum absolute atomic E-state index is 13.3. The summed E-state index contributed by atoms with van der Waals surface area (Å²) in [7, 11) is 0. The summed E-state index contributed by atoms with van der Waals surface area (Å²) in [5.41, 5.74) is -0.195. The molecule has 0 fully saturated rings. The largest absolute Gasteiger partial charge is 0.317 e. The number of para-hydroxylation sites is 1. The zero-order valence-corrected chi connectivity index (χ0v) is 9.84. The zero-order valence-electron chi connectivity index (χ0n) is 9.08. The predicted molar refractivity (Wildman–Crippen MR) is 65.8 cm³/mol. The third kappa shape index (κ3) is 2.65. The van der Waals surface area contributed by atoms with Gasteiger partial charge in [-0.3, -0.25) is 4.79 Å². The molecule has 0 unspecified atom stereocenters. The van der Waals surface area contributed by atoms with Gasteiger partial charge in [0.05, 0.1) is 0 Å². The quantitative estimate of drug-likeness (QED) is 0.879. The standard InChI is InChI=1S/C13H8ClF2NO/c14-9-6-4-8(5-7-9)13(18)17-12-10(15)2-1-3-11(12)16/h1-7H,(H,17,18). The third-order valence-electron chi connectivity index (χ3n) is 2.31. The number of halogens is 3. The Labute approximate surface area is 107 Å². The highest BCUT2D eigenvalue weighted by molar-refractivity contribution is 6.30. The first kappa shape index (κ1) is 12.5. The molecule has 1 N–H and O–H groups in total. The molecular weight excluding hydrogens is 260 g/mol. The van der Waals surface area contributed by atoms with Gasteiger partial charge in [-0.15, -0.1) is 0 Å². The van der Waals surface area contributed by atoms with E-state index in [1.165, 1.54) is 30.3 Å². The van der Waals surface area contributed by atoms with Gasteiger partial charge in [0.25, 0.3) is 5.91 Å². The molecule has 0 aromatic heterocycles. The van der Waals surface area contributed by atoms with Crippen LogP contribution in [0.1, 0.15) is 10.4 Å². The van der Waals surface area contributed by atoms with Crippen molar-refractivity contribution in [3.05, 3.63) is 64.7 Å². The number of hydrogen-bond acceptors (Lipinski definition) is 1. The first-order valence-corrected chi connectivity index (χ1v) is 5.46. The van der Waals surface area contributed by atoms with E-state index in [1.54, 1.807) is 0 Å². The number of amides is 1. The third-order valence-corrected chi connectivity index (χ3v) is 2.56. The van der Waals surface area contributed by atoms with Crippen LogP contribution in [-0.4, -0.2) is 5.91 Å². The molecule has 0 radical (unpaired) electrons. The fourth-order valence-electron chi connectivity index (χ4n) is 1.40. The van der Waals surface area contributed by atoms with E-state index in [1.807, 2.05) is 0 Å². The topological polar surface area (TPSA) is 29.1 Å². The number of benzene rings is 2. The molecule has 2 aromatic rings. The Bertz CT molecular complexity index is 564. The molecule has 0 aliphatic carbocycles. The number of hydrogen-bond donors (Lipinski definition) is 1. The summed E-state index contributed by atoms with van der Waals surface area (Å²) in [6, 6.07) is 9.35. The molecule has 92 valence electrons. The van der Waals surface area contributed by atoms with E-state index in [-0.39, 0.29) is 5.56 Å². The van der Waals surface area contributed by atoms with Gasteiger partial charge < -0.3 is 5.32 Å². The number of carbonyl (C=O) groups is 1. The van der Waals surface area contributed by atoms with Gasteiger partial charge in [0, 0.05) is 10.6 Å². The zero-order chi connectivity index (χ0) is 13.1. The Hall–Kier alpha value is -1.94. The van der Waals surface area contributed by atoms with Crippen LogP contribution in [-0.2, 0) is 0 Å². The van der Waals surface area contributed by atoms with Crippen molar-refractivity contribution >= 4 is 23.2 Å². The minimum Gasteiger partial charge on any atom is -0.317 e. The first-order valence-electron chi connectivity index (χ1n) is 5.09. The van der Waals surface area contributed by atoms with Gasteiger partial charge in [-0.1, -0.05) is 17.7 Å². The van der Waals surface area contributed by atoms with Crippen LogP contribution in [0.2, 0.25) is 5.02 Å². The average Bonchev–Trinajstić information content (AvgIpc) is 2.34. The Morgan fingerprint density at radius 2 is 1.56 bits per heavy atom. The van der Waals surface area contributed by atoms with E-state index in [4.69, 9.17) is 11.6 Å². The smallest absolute Gasteiger partial charge is 0.255 e. The molecule has 2 rings (SSSR count). The highest BCUT2D eigenvalue weighted by Gasteiger charge is 2.12. The summed E-state index contributed by atoms with van der Waals surface area (Å²) in [5.74, 6) is -2.25. The normalized spacial score (nSPS) is 10.2. The molecule has 1 amide bonds. The lowest BCUT2D eigenvalue weighted by atomic mass is 10.2. The molecular formula is C13H8ClF2NO. The van der Waals surface area contributed by atoms with Crippen molar-refractivity contribution in [3.63, 3.8) is 0 Å². The van der Waals surface area contributed by atoms with E-state index < -0.39 is 23.2 Å². The number of anilines is 1. The van der Waals surface area contributed by atoms with Crippen LogP contribution >= 0.6 is 11.6 Å². The monoisotopic (exact) mass is 267 g/mol. The highest BCUT2D eigenvalue weighted by Crippen LogP contribution is 2.19. The van der Waals surface area contributed by atoms with Crippen LogP contribution in [0.3, 0.4) is 0 Å². The van der Waals surface area contributed by atoms with E-state index in [2.05, 4.69) is 5.32 Å². The minimum absolute atomic E-state index is 0.266.